The molecule has 39 heavy (non-hydrogen) atoms. The van der Waals surface area contributed by atoms with Crippen LogP contribution in [0.5, 0.6) is 0 Å². The minimum Gasteiger partial charge on any atom is -0.361 e. The fourth-order valence-corrected chi connectivity index (χ4v) is 5.16. The summed E-state index contributed by atoms with van der Waals surface area (Å²) in [6.45, 7) is 13.7. The molecule has 0 aliphatic heterocycles. The third kappa shape index (κ3) is 7.26. The number of hydrogen-bond acceptors (Lipinski definition) is 8. The summed E-state index contributed by atoms with van der Waals surface area (Å²) in [7, 11) is -1.20. The van der Waals surface area contributed by atoms with Gasteiger partial charge in [0.05, 0.1) is 17.3 Å². The molecule has 0 spiro atoms. The number of ketones is 1. The molecule has 202 valence electrons. The van der Waals surface area contributed by atoms with E-state index in [-0.39, 0.29) is 5.78 Å². The van der Waals surface area contributed by atoms with Crippen molar-refractivity contribution in [1.82, 2.24) is 19.5 Å². The van der Waals surface area contributed by atoms with E-state index in [0.717, 1.165) is 17.3 Å². The Labute approximate surface area is 234 Å². The number of nitrogens with one attached hydrogen (secondary N) is 1. The third-order valence-corrected chi connectivity index (χ3v) is 8.51. The summed E-state index contributed by atoms with van der Waals surface area (Å²) >= 11 is 1.43. The average molecular weight is 559 g/mol. The van der Waals surface area contributed by atoms with E-state index in [4.69, 9.17) is 9.72 Å². The van der Waals surface area contributed by atoms with E-state index in [9.17, 15) is 10.1 Å². The summed E-state index contributed by atoms with van der Waals surface area (Å²) in [6, 6.07) is 10.9. The number of carbonyl (C=O) groups is 1. The normalized spacial score (nSPS) is 12.5. The van der Waals surface area contributed by atoms with Crippen LogP contribution in [-0.4, -0.2) is 40.0 Å². The Morgan fingerprint density at radius 1 is 1.21 bits per heavy atom. The summed E-state index contributed by atoms with van der Waals surface area (Å²) in [6.07, 6.45) is 6.97. The number of thiazole rings is 1. The number of hydrogen-bond donors (Lipinski definition) is 1. The van der Waals surface area contributed by atoms with Crippen LogP contribution >= 0.6 is 11.3 Å². The van der Waals surface area contributed by atoms with Crippen LogP contribution in [0.3, 0.4) is 0 Å². The van der Waals surface area contributed by atoms with Crippen molar-refractivity contribution in [2.24, 2.45) is 5.41 Å². The topological polar surface area (TPSA) is 106 Å². The highest BCUT2D eigenvalue weighted by Gasteiger charge is 2.28. The zero-order chi connectivity index (χ0) is 28.2. The molecule has 4 aromatic rings. The maximum absolute atomic E-state index is 13.3. The predicted octanol–water partition coefficient (Wildman–Crippen LogP) is 7.24. The Bertz CT molecular complexity index is 1520. The molecule has 0 atom stereocenters. The van der Waals surface area contributed by atoms with Gasteiger partial charge in [0.1, 0.15) is 29.1 Å². The highest BCUT2D eigenvalue weighted by Crippen LogP contribution is 2.28. The molecule has 4 rings (SSSR count). The van der Waals surface area contributed by atoms with Crippen LogP contribution in [0.15, 0.2) is 48.2 Å². The first kappa shape index (κ1) is 28.4. The second kappa shape index (κ2) is 11.6. The van der Waals surface area contributed by atoms with Crippen molar-refractivity contribution in [2.45, 2.75) is 53.2 Å². The first-order valence-electron chi connectivity index (χ1n) is 12.8. The van der Waals surface area contributed by atoms with Gasteiger partial charge in [-0.25, -0.2) is 15.0 Å². The molecule has 0 amide bonds. The Balaban J connectivity index is 1.57. The van der Waals surface area contributed by atoms with Crippen LogP contribution in [0.1, 0.15) is 41.7 Å². The summed E-state index contributed by atoms with van der Waals surface area (Å²) in [5.74, 6) is 0.538. The van der Waals surface area contributed by atoms with Gasteiger partial charge >= 0.3 is 0 Å². The van der Waals surface area contributed by atoms with Gasteiger partial charge in [0.15, 0.2) is 11.4 Å². The van der Waals surface area contributed by atoms with E-state index in [1.165, 1.54) is 11.3 Å². The van der Waals surface area contributed by atoms with E-state index in [1.54, 1.807) is 12.4 Å². The number of nitriles is 1. The zero-order valence-electron chi connectivity index (χ0n) is 23.3. The largest absolute Gasteiger partial charge is 0.361 e. The minimum atomic E-state index is -1.20. The maximum atomic E-state index is 13.3. The molecule has 0 unspecified atom stereocenters. The van der Waals surface area contributed by atoms with Crippen LogP contribution in [0.4, 0.5) is 11.5 Å². The number of nitrogens with zero attached hydrogens (tertiary/aromatic N) is 5. The van der Waals surface area contributed by atoms with Gasteiger partial charge in [-0.2, -0.15) is 5.26 Å². The van der Waals surface area contributed by atoms with E-state index in [2.05, 4.69) is 41.0 Å². The lowest BCUT2D eigenvalue weighted by atomic mass is 9.87. The highest BCUT2D eigenvalue weighted by molar-refractivity contribution is 7.10. The summed E-state index contributed by atoms with van der Waals surface area (Å²) in [4.78, 5) is 26.9. The van der Waals surface area contributed by atoms with Crippen molar-refractivity contribution in [3.8, 4) is 6.07 Å². The Morgan fingerprint density at radius 2 is 1.95 bits per heavy atom. The van der Waals surface area contributed by atoms with E-state index in [0.29, 0.717) is 46.5 Å². The predicted molar refractivity (Wildman–Crippen MR) is 161 cm³/mol. The zero-order valence-corrected chi connectivity index (χ0v) is 25.1. The molecular formula is C29H34N6O2SSi. The molecule has 0 radical (unpaired) electrons. The molecule has 0 saturated carbocycles. The number of ether oxygens (including phenoxy) is 1. The van der Waals surface area contributed by atoms with Gasteiger partial charge < -0.3 is 14.6 Å². The molecule has 0 aliphatic rings. The fraction of sp³-hybridized carbons (Fsp3) is 0.345. The highest BCUT2D eigenvalue weighted by atomic mass is 32.1. The second-order valence-corrected chi connectivity index (χ2v) is 18.1. The van der Waals surface area contributed by atoms with Gasteiger partial charge in [0, 0.05) is 43.6 Å². The summed E-state index contributed by atoms with van der Waals surface area (Å²) in [5.41, 5.74) is 3.36. The minimum absolute atomic E-state index is 0.00414. The van der Waals surface area contributed by atoms with Crippen molar-refractivity contribution in [2.75, 3.05) is 11.9 Å². The van der Waals surface area contributed by atoms with Crippen LogP contribution in [-0.2, 0) is 11.5 Å². The lowest BCUT2D eigenvalue weighted by Crippen LogP contribution is -2.22. The second-order valence-electron chi connectivity index (χ2n) is 11.6. The molecule has 0 fully saturated rings. The monoisotopic (exact) mass is 558 g/mol. The first-order chi connectivity index (χ1) is 18.4. The van der Waals surface area contributed by atoms with Gasteiger partial charge in [0.25, 0.3) is 0 Å². The molecule has 3 aromatic heterocycles. The number of rotatable bonds is 10. The fourth-order valence-electron chi connectivity index (χ4n) is 3.80. The van der Waals surface area contributed by atoms with Crippen molar-refractivity contribution < 1.29 is 9.53 Å². The molecule has 0 bridgehead atoms. The Kier molecular flexibility index (Phi) is 8.44. The van der Waals surface area contributed by atoms with Crippen molar-refractivity contribution >= 4 is 59.5 Å². The standard InChI is InChI=1S/C29H34N6O2SSi/c1-29(2,3)26(36)23-18-35(19-37-12-14-39(4,5)6)27-25(23)34-24(17-32-27)33-22-9-7-20(8-10-22)15-21(16-30)28-31-11-13-38-28/h7-11,13,15,17-18H,12,14,19H2,1-6H3,(H,33,34)/b21-15-. The molecule has 0 aliphatic carbocycles. The van der Waals surface area contributed by atoms with Crippen molar-refractivity contribution in [1.29, 1.82) is 5.26 Å². The number of carbonyl (C=O) groups excluding carboxylic acids is 1. The van der Waals surface area contributed by atoms with Crippen LogP contribution in [0.2, 0.25) is 25.7 Å². The molecule has 8 nitrogen and oxygen atoms in total. The quantitative estimate of drug-likeness (QED) is 0.0946. The first-order valence-corrected chi connectivity index (χ1v) is 17.4. The van der Waals surface area contributed by atoms with Crippen LogP contribution in [0, 0.1) is 16.7 Å². The number of aromatic nitrogens is 4. The number of allylic oxidation sites excluding steroid dienone is 1. The summed E-state index contributed by atoms with van der Waals surface area (Å²) in [5, 5.41) is 15.3. The Hall–Kier alpha value is -3.65. The Morgan fingerprint density at radius 3 is 2.56 bits per heavy atom. The van der Waals surface area contributed by atoms with E-state index in [1.807, 2.05) is 67.3 Å². The number of Topliss-reactive ketones (excluding diaryl/α,β-unsaturated/α-hetero) is 1. The van der Waals surface area contributed by atoms with Crippen molar-refractivity contribution in [3.05, 3.63) is 64.4 Å². The number of anilines is 2. The van der Waals surface area contributed by atoms with Gasteiger partial charge in [-0.15, -0.1) is 11.3 Å². The van der Waals surface area contributed by atoms with Gasteiger partial charge in [0.2, 0.25) is 0 Å². The number of fused-ring (bicyclic) bond motifs is 1. The van der Waals surface area contributed by atoms with Crippen LogP contribution in [0.25, 0.3) is 22.8 Å². The van der Waals surface area contributed by atoms with E-state index < -0.39 is 13.5 Å². The smallest absolute Gasteiger partial charge is 0.171 e. The van der Waals surface area contributed by atoms with Crippen molar-refractivity contribution in [3.63, 3.8) is 0 Å². The van der Waals surface area contributed by atoms with Gasteiger partial charge in [-0.1, -0.05) is 52.5 Å². The SMILES string of the molecule is CC(C)(C)C(=O)c1cn(COCC[Si](C)(C)C)c2ncc(Nc3ccc(/C=C(/C#N)c4nccs4)cc3)nc12. The van der Waals surface area contributed by atoms with Gasteiger partial charge in [-0.3, -0.25) is 4.79 Å². The summed E-state index contributed by atoms with van der Waals surface area (Å²) < 4.78 is 7.82. The lowest BCUT2D eigenvalue weighted by molar-refractivity contribution is 0.0849. The van der Waals surface area contributed by atoms with Gasteiger partial charge in [-0.05, 0) is 29.8 Å². The molecule has 1 aromatic carbocycles. The molecule has 3 heterocycles. The molecule has 1 N–H and O–H groups in total. The average Bonchev–Trinajstić information content (AvgIpc) is 3.53. The third-order valence-electron chi connectivity index (χ3n) is 6.00. The maximum Gasteiger partial charge on any atom is 0.171 e. The van der Waals surface area contributed by atoms with E-state index >= 15 is 0 Å². The molecular weight excluding hydrogens is 525 g/mol. The molecule has 10 heteroatoms. The molecule has 0 saturated heterocycles. The lowest BCUT2D eigenvalue weighted by Gasteiger charge is -2.16. The van der Waals surface area contributed by atoms with Crippen LogP contribution < -0.4 is 5.32 Å². The number of benzene rings is 1.